The molecule has 0 amide bonds. The van der Waals surface area contributed by atoms with E-state index in [9.17, 15) is 0 Å². The summed E-state index contributed by atoms with van der Waals surface area (Å²) in [6, 6.07) is 3.86. The van der Waals surface area contributed by atoms with Crippen LogP contribution >= 0.6 is 0 Å². The average Bonchev–Trinajstić information content (AvgIpc) is 2.33. The molecule has 1 saturated carbocycles. The van der Waals surface area contributed by atoms with Crippen LogP contribution in [0.5, 0.6) is 5.75 Å². The van der Waals surface area contributed by atoms with Gasteiger partial charge in [-0.05, 0) is 24.5 Å². The summed E-state index contributed by atoms with van der Waals surface area (Å²) in [5.74, 6) is 1.73. The standard InChI is InChI=1S/C13H18NOSi/c16-13-12(7-4-9-14-13)15-10-8-11-5-2-1-3-6-11/h4,7,9,11H,1-3,5-6,8,10H2. The number of hydrogen-bond acceptors (Lipinski definition) is 2. The van der Waals surface area contributed by atoms with Gasteiger partial charge in [0.15, 0.2) is 0 Å². The molecule has 85 valence electrons. The van der Waals surface area contributed by atoms with E-state index in [4.69, 9.17) is 4.74 Å². The third-order valence-electron chi connectivity index (χ3n) is 3.28. The van der Waals surface area contributed by atoms with Crippen molar-refractivity contribution in [2.75, 3.05) is 6.61 Å². The van der Waals surface area contributed by atoms with Gasteiger partial charge in [0.2, 0.25) is 0 Å². The Morgan fingerprint density at radius 2 is 2.12 bits per heavy atom. The van der Waals surface area contributed by atoms with Crippen molar-refractivity contribution >= 4 is 15.6 Å². The zero-order valence-corrected chi connectivity index (χ0v) is 10.6. The third kappa shape index (κ3) is 3.34. The van der Waals surface area contributed by atoms with Crippen LogP contribution in [-0.4, -0.2) is 21.8 Å². The van der Waals surface area contributed by atoms with Gasteiger partial charge in [0, 0.05) is 6.20 Å². The van der Waals surface area contributed by atoms with E-state index < -0.39 is 0 Å². The van der Waals surface area contributed by atoms with Crippen LogP contribution in [0.3, 0.4) is 0 Å². The maximum absolute atomic E-state index is 5.73. The molecular formula is C13H18NOSi. The van der Waals surface area contributed by atoms with Gasteiger partial charge in [-0.15, -0.1) is 0 Å². The van der Waals surface area contributed by atoms with Gasteiger partial charge in [0.05, 0.1) is 11.9 Å². The minimum absolute atomic E-state index is 0.797. The number of aromatic nitrogens is 1. The van der Waals surface area contributed by atoms with Crippen molar-refractivity contribution in [1.82, 2.24) is 4.98 Å². The molecule has 0 atom stereocenters. The van der Waals surface area contributed by atoms with Gasteiger partial charge in [-0.25, -0.2) is 0 Å². The molecule has 0 spiro atoms. The molecule has 3 heteroatoms. The van der Waals surface area contributed by atoms with Crippen molar-refractivity contribution in [3.8, 4) is 5.75 Å². The van der Waals surface area contributed by atoms with Crippen LogP contribution in [0.2, 0.25) is 0 Å². The average molecular weight is 232 g/mol. The summed E-state index contributed by atoms with van der Waals surface area (Å²) in [7, 11) is 3.44. The first-order valence-corrected chi connectivity index (χ1v) is 6.65. The van der Waals surface area contributed by atoms with Gasteiger partial charge in [-0.3, -0.25) is 4.98 Å². The molecule has 3 radical (unpaired) electrons. The Kier molecular flexibility index (Phi) is 4.40. The van der Waals surface area contributed by atoms with E-state index in [0.717, 1.165) is 23.6 Å². The van der Waals surface area contributed by atoms with Gasteiger partial charge < -0.3 is 4.74 Å². The van der Waals surface area contributed by atoms with Crippen LogP contribution in [0.1, 0.15) is 38.5 Å². The first-order valence-electron chi connectivity index (χ1n) is 6.15. The van der Waals surface area contributed by atoms with E-state index in [1.54, 1.807) is 6.20 Å². The van der Waals surface area contributed by atoms with Crippen LogP contribution in [0, 0.1) is 5.92 Å². The van der Waals surface area contributed by atoms with Gasteiger partial charge in [0.25, 0.3) is 0 Å². The molecule has 0 unspecified atom stereocenters. The fourth-order valence-corrected chi connectivity index (χ4v) is 2.55. The second-order valence-corrected chi connectivity index (χ2v) is 4.96. The molecule has 1 fully saturated rings. The van der Waals surface area contributed by atoms with E-state index in [0.29, 0.717) is 0 Å². The maximum Gasteiger partial charge on any atom is 0.135 e. The molecule has 1 aliphatic rings. The highest BCUT2D eigenvalue weighted by Gasteiger charge is 2.13. The monoisotopic (exact) mass is 232 g/mol. The summed E-state index contributed by atoms with van der Waals surface area (Å²) < 4.78 is 5.73. The van der Waals surface area contributed by atoms with Crippen LogP contribution in [0.25, 0.3) is 0 Å². The fraction of sp³-hybridized carbons (Fsp3) is 0.615. The van der Waals surface area contributed by atoms with Gasteiger partial charge in [-0.2, -0.15) is 0 Å². The summed E-state index contributed by atoms with van der Waals surface area (Å²) in [5, 5.41) is 0.797. The number of nitrogens with zero attached hydrogens (tertiary/aromatic N) is 1. The number of rotatable bonds is 4. The molecule has 0 aromatic carbocycles. The zero-order chi connectivity index (χ0) is 11.2. The summed E-state index contributed by atoms with van der Waals surface area (Å²) in [4.78, 5) is 4.13. The van der Waals surface area contributed by atoms with Crippen molar-refractivity contribution in [3.63, 3.8) is 0 Å². The molecule has 0 aliphatic heterocycles. The molecule has 2 rings (SSSR count). The fourth-order valence-electron chi connectivity index (χ4n) is 2.32. The largest absolute Gasteiger partial charge is 0.492 e. The smallest absolute Gasteiger partial charge is 0.135 e. The molecule has 0 bridgehead atoms. The number of pyridine rings is 1. The van der Waals surface area contributed by atoms with E-state index in [2.05, 4.69) is 15.2 Å². The van der Waals surface area contributed by atoms with Crippen molar-refractivity contribution in [1.29, 1.82) is 0 Å². The lowest BCUT2D eigenvalue weighted by atomic mass is 9.87. The molecule has 0 saturated heterocycles. The van der Waals surface area contributed by atoms with E-state index in [1.165, 1.54) is 38.5 Å². The Labute approximate surface area is 101 Å². The van der Waals surface area contributed by atoms with Gasteiger partial charge in [0.1, 0.15) is 16.0 Å². The minimum Gasteiger partial charge on any atom is -0.492 e. The Balaban J connectivity index is 1.73. The second kappa shape index (κ2) is 6.04. The molecule has 16 heavy (non-hydrogen) atoms. The van der Waals surface area contributed by atoms with Crippen molar-refractivity contribution in [3.05, 3.63) is 18.3 Å². The lowest BCUT2D eigenvalue weighted by molar-refractivity contribution is 0.247. The predicted octanol–water partition coefficient (Wildman–Crippen LogP) is 2.22. The first kappa shape index (κ1) is 11.6. The maximum atomic E-state index is 5.73. The predicted molar refractivity (Wildman–Crippen MR) is 66.3 cm³/mol. The lowest BCUT2D eigenvalue weighted by Crippen LogP contribution is -2.16. The van der Waals surface area contributed by atoms with Crippen LogP contribution in [0.4, 0.5) is 0 Å². The SMILES string of the molecule is [Si]c1ncccc1OCCC1CCCCC1. The van der Waals surface area contributed by atoms with Crippen LogP contribution < -0.4 is 10.1 Å². The highest BCUT2D eigenvalue weighted by molar-refractivity contribution is 6.32. The number of hydrogen-bond donors (Lipinski definition) is 0. The first-order chi connectivity index (χ1) is 7.86. The number of ether oxygens (including phenoxy) is 1. The summed E-state index contributed by atoms with van der Waals surface area (Å²) in [5.41, 5.74) is 0. The molecular weight excluding hydrogens is 214 g/mol. The van der Waals surface area contributed by atoms with Gasteiger partial charge >= 0.3 is 0 Å². The molecule has 1 aromatic rings. The quantitative estimate of drug-likeness (QED) is 0.743. The Hall–Kier alpha value is -0.833. The molecule has 2 nitrogen and oxygen atoms in total. The molecule has 1 heterocycles. The zero-order valence-electron chi connectivity index (χ0n) is 9.61. The summed E-state index contributed by atoms with van der Waals surface area (Å²) in [6.07, 6.45) is 9.94. The second-order valence-electron chi connectivity index (χ2n) is 4.49. The lowest BCUT2D eigenvalue weighted by Gasteiger charge is -2.21. The van der Waals surface area contributed by atoms with E-state index >= 15 is 0 Å². The van der Waals surface area contributed by atoms with Crippen LogP contribution in [0.15, 0.2) is 18.3 Å². The molecule has 0 N–H and O–H groups in total. The van der Waals surface area contributed by atoms with E-state index in [1.807, 2.05) is 12.1 Å². The third-order valence-corrected chi connectivity index (χ3v) is 3.65. The Morgan fingerprint density at radius 1 is 1.31 bits per heavy atom. The van der Waals surface area contributed by atoms with E-state index in [-0.39, 0.29) is 0 Å². The highest BCUT2D eigenvalue weighted by atomic mass is 28.1. The van der Waals surface area contributed by atoms with Crippen molar-refractivity contribution < 1.29 is 4.74 Å². The Bertz CT molecular complexity index is 323. The highest BCUT2D eigenvalue weighted by Crippen LogP contribution is 2.26. The minimum atomic E-state index is 0.797. The topological polar surface area (TPSA) is 22.1 Å². The molecule has 1 aromatic heterocycles. The van der Waals surface area contributed by atoms with Crippen molar-refractivity contribution in [2.45, 2.75) is 38.5 Å². The summed E-state index contributed by atoms with van der Waals surface area (Å²) >= 11 is 0. The molecule has 1 aliphatic carbocycles. The van der Waals surface area contributed by atoms with Crippen molar-refractivity contribution in [2.24, 2.45) is 5.92 Å². The van der Waals surface area contributed by atoms with Crippen LogP contribution in [-0.2, 0) is 0 Å². The Morgan fingerprint density at radius 3 is 2.88 bits per heavy atom. The normalized spacial score (nSPS) is 17.3. The van der Waals surface area contributed by atoms with Gasteiger partial charge in [-0.1, -0.05) is 32.1 Å². The summed E-state index contributed by atoms with van der Waals surface area (Å²) in [6.45, 7) is 0.813.